The van der Waals surface area contributed by atoms with Crippen molar-refractivity contribution >= 4 is 18.0 Å². The lowest BCUT2D eigenvalue weighted by atomic mass is 10.2. The molecule has 1 heterocycles. The zero-order valence-corrected chi connectivity index (χ0v) is 13.1. The van der Waals surface area contributed by atoms with Crippen LogP contribution in [0.2, 0.25) is 0 Å². The molecule has 23 heavy (non-hydrogen) atoms. The van der Waals surface area contributed by atoms with E-state index in [2.05, 4.69) is 4.74 Å². The highest BCUT2D eigenvalue weighted by atomic mass is 16.6. The van der Waals surface area contributed by atoms with Gasteiger partial charge >= 0.3 is 12.1 Å². The zero-order valence-electron chi connectivity index (χ0n) is 13.1. The molecule has 0 bridgehead atoms. The summed E-state index contributed by atoms with van der Waals surface area (Å²) in [4.78, 5) is 37.6. The van der Waals surface area contributed by atoms with E-state index >= 15 is 0 Å². The average Bonchev–Trinajstić information content (AvgIpc) is 2.58. The summed E-state index contributed by atoms with van der Waals surface area (Å²) < 4.78 is 9.94. The van der Waals surface area contributed by atoms with Crippen LogP contribution in [0.25, 0.3) is 0 Å². The van der Waals surface area contributed by atoms with Gasteiger partial charge in [-0.15, -0.1) is 0 Å². The van der Waals surface area contributed by atoms with Crippen LogP contribution >= 0.6 is 0 Å². The van der Waals surface area contributed by atoms with Crippen molar-refractivity contribution in [2.45, 2.75) is 13.5 Å². The van der Waals surface area contributed by atoms with E-state index in [1.165, 1.54) is 6.92 Å². The Balaban J connectivity index is 1.72. The van der Waals surface area contributed by atoms with Crippen molar-refractivity contribution in [1.82, 2.24) is 9.80 Å². The number of rotatable bonds is 4. The fraction of sp³-hybridized carbons (Fsp3) is 0.438. The highest BCUT2D eigenvalue weighted by molar-refractivity contribution is 5.80. The number of ether oxygens (including phenoxy) is 2. The van der Waals surface area contributed by atoms with E-state index in [-0.39, 0.29) is 25.2 Å². The smallest absolute Gasteiger partial charge is 0.410 e. The van der Waals surface area contributed by atoms with E-state index in [4.69, 9.17) is 4.74 Å². The van der Waals surface area contributed by atoms with Gasteiger partial charge in [0.15, 0.2) is 6.61 Å². The first-order valence-corrected chi connectivity index (χ1v) is 7.43. The molecule has 0 spiro atoms. The van der Waals surface area contributed by atoms with Crippen LogP contribution in [0.1, 0.15) is 12.5 Å². The third-order valence-electron chi connectivity index (χ3n) is 3.49. The zero-order chi connectivity index (χ0) is 16.7. The molecule has 7 nitrogen and oxygen atoms in total. The first-order valence-electron chi connectivity index (χ1n) is 7.43. The second-order valence-electron chi connectivity index (χ2n) is 5.19. The molecular formula is C16H20N2O5. The van der Waals surface area contributed by atoms with Crippen molar-refractivity contribution in [3.8, 4) is 0 Å². The summed E-state index contributed by atoms with van der Waals surface area (Å²) in [6, 6.07) is 9.45. The van der Waals surface area contributed by atoms with Gasteiger partial charge in [0.1, 0.15) is 6.61 Å². The third kappa shape index (κ3) is 5.28. The Kier molecular flexibility index (Phi) is 5.96. The molecule has 0 radical (unpaired) electrons. The Bertz CT molecular complexity index is 553. The number of benzene rings is 1. The molecule has 1 fully saturated rings. The van der Waals surface area contributed by atoms with Crippen molar-refractivity contribution in [1.29, 1.82) is 0 Å². The van der Waals surface area contributed by atoms with Crippen molar-refractivity contribution in [2.75, 3.05) is 32.8 Å². The van der Waals surface area contributed by atoms with E-state index in [1.54, 1.807) is 9.80 Å². The lowest BCUT2D eigenvalue weighted by Gasteiger charge is -2.33. The molecule has 124 valence electrons. The maximum Gasteiger partial charge on any atom is 0.410 e. The summed E-state index contributed by atoms with van der Waals surface area (Å²) in [5.41, 5.74) is 0.927. The number of esters is 1. The van der Waals surface area contributed by atoms with Crippen molar-refractivity contribution in [2.24, 2.45) is 0 Å². The normalized spacial score (nSPS) is 14.3. The maximum absolute atomic E-state index is 12.0. The van der Waals surface area contributed by atoms with Gasteiger partial charge in [0.2, 0.25) is 0 Å². The number of nitrogens with zero attached hydrogens (tertiary/aromatic N) is 2. The highest BCUT2D eigenvalue weighted by Gasteiger charge is 2.25. The molecular weight excluding hydrogens is 300 g/mol. The molecule has 0 saturated carbocycles. The Labute approximate surface area is 134 Å². The largest absolute Gasteiger partial charge is 0.456 e. The van der Waals surface area contributed by atoms with Crippen LogP contribution in [-0.4, -0.2) is 60.6 Å². The lowest BCUT2D eigenvalue weighted by Crippen LogP contribution is -2.51. The van der Waals surface area contributed by atoms with Crippen molar-refractivity contribution in [3.05, 3.63) is 35.9 Å². The molecule has 0 atom stereocenters. The van der Waals surface area contributed by atoms with E-state index in [9.17, 15) is 14.4 Å². The van der Waals surface area contributed by atoms with Crippen LogP contribution in [0.5, 0.6) is 0 Å². The molecule has 2 amide bonds. The monoisotopic (exact) mass is 320 g/mol. The first-order chi connectivity index (χ1) is 11.1. The number of hydrogen-bond donors (Lipinski definition) is 0. The average molecular weight is 320 g/mol. The minimum atomic E-state index is -0.485. The molecule has 0 aromatic heterocycles. The number of carbonyl (C=O) groups is 3. The van der Waals surface area contributed by atoms with Gasteiger partial charge in [0.05, 0.1) is 0 Å². The van der Waals surface area contributed by atoms with Gasteiger partial charge in [0.25, 0.3) is 5.91 Å². The Morgan fingerprint density at radius 1 is 0.957 bits per heavy atom. The first kappa shape index (κ1) is 16.8. The van der Waals surface area contributed by atoms with Crippen LogP contribution in [0.3, 0.4) is 0 Å². The summed E-state index contributed by atoms with van der Waals surface area (Å²) in [6.07, 6.45) is -0.388. The number of piperazine rings is 1. The van der Waals surface area contributed by atoms with E-state index < -0.39 is 5.97 Å². The minimum absolute atomic E-state index is 0.227. The summed E-state index contributed by atoms with van der Waals surface area (Å²) in [7, 11) is 0. The van der Waals surface area contributed by atoms with Gasteiger partial charge in [-0.25, -0.2) is 4.79 Å². The topological polar surface area (TPSA) is 76.2 Å². The van der Waals surface area contributed by atoms with Crippen molar-refractivity contribution < 1.29 is 23.9 Å². The second-order valence-corrected chi connectivity index (χ2v) is 5.19. The van der Waals surface area contributed by atoms with Crippen molar-refractivity contribution in [3.63, 3.8) is 0 Å². The Hall–Kier alpha value is -2.57. The van der Waals surface area contributed by atoms with E-state index in [1.807, 2.05) is 30.3 Å². The molecule has 1 aromatic rings. The summed E-state index contributed by atoms with van der Waals surface area (Å²) >= 11 is 0. The van der Waals surface area contributed by atoms with Gasteiger partial charge in [-0.05, 0) is 5.56 Å². The van der Waals surface area contributed by atoms with Crippen LogP contribution in [-0.2, 0) is 25.7 Å². The molecule has 1 saturated heterocycles. The third-order valence-corrected chi connectivity index (χ3v) is 3.49. The van der Waals surface area contributed by atoms with Crippen LogP contribution in [0.15, 0.2) is 30.3 Å². The molecule has 1 aliphatic heterocycles. The predicted octanol–water partition coefficient (Wildman–Crippen LogP) is 1.03. The van der Waals surface area contributed by atoms with E-state index in [0.29, 0.717) is 26.2 Å². The van der Waals surface area contributed by atoms with E-state index in [0.717, 1.165) is 5.56 Å². The predicted molar refractivity (Wildman–Crippen MR) is 81.4 cm³/mol. The molecule has 7 heteroatoms. The molecule has 0 N–H and O–H groups in total. The number of carbonyl (C=O) groups excluding carboxylic acids is 3. The summed E-state index contributed by atoms with van der Waals surface area (Å²) in [5, 5.41) is 0. The van der Waals surface area contributed by atoms with Gasteiger partial charge in [-0.1, -0.05) is 30.3 Å². The van der Waals surface area contributed by atoms with Gasteiger partial charge in [0, 0.05) is 33.1 Å². The lowest BCUT2D eigenvalue weighted by molar-refractivity contribution is -0.150. The quantitative estimate of drug-likeness (QED) is 0.775. The highest BCUT2D eigenvalue weighted by Crippen LogP contribution is 2.07. The van der Waals surface area contributed by atoms with Gasteiger partial charge in [-0.3, -0.25) is 9.59 Å². The van der Waals surface area contributed by atoms with Gasteiger partial charge in [-0.2, -0.15) is 0 Å². The Morgan fingerprint density at radius 3 is 2.17 bits per heavy atom. The molecule has 0 unspecified atom stereocenters. The summed E-state index contributed by atoms with van der Waals surface area (Å²) in [5.74, 6) is -0.737. The molecule has 1 aromatic carbocycles. The van der Waals surface area contributed by atoms with Gasteiger partial charge < -0.3 is 19.3 Å². The fourth-order valence-corrected chi connectivity index (χ4v) is 2.20. The maximum atomic E-state index is 12.0. The molecule has 2 rings (SSSR count). The Morgan fingerprint density at radius 2 is 1.57 bits per heavy atom. The SMILES string of the molecule is CC(=O)OCC(=O)N1CCN(C(=O)OCc2ccccc2)CC1. The summed E-state index contributed by atoms with van der Waals surface area (Å²) in [6.45, 7) is 2.84. The second kappa shape index (κ2) is 8.17. The fourth-order valence-electron chi connectivity index (χ4n) is 2.20. The molecule has 1 aliphatic rings. The number of hydrogen-bond acceptors (Lipinski definition) is 5. The number of amides is 2. The van der Waals surface area contributed by atoms with Crippen LogP contribution in [0, 0.1) is 0 Å². The standard InChI is InChI=1S/C16H20N2O5/c1-13(19)22-12-15(20)17-7-9-18(10-8-17)16(21)23-11-14-5-3-2-4-6-14/h2-6H,7-12H2,1H3. The van der Waals surface area contributed by atoms with Crippen LogP contribution < -0.4 is 0 Å². The molecule has 0 aliphatic carbocycles. The van der Waals surface area contributed by atoms with Crippen LogP contribution in [0.4, 0.5) is 4.79 Å². The minimum Gasteiger partial charge on any atom is -0.456 e.